The van der Waals surface area contributed by atoms with Crippen LogP contribution in [-0.4, -0.2) is 28.2 Å². The predicted molar refractivity (Wildman–Crippen MR) is 188 cm³/mol. The van der Waals surface area contributed by atoms with Gasteiger partial charge in [-0.1, -0.05) is 59.9 Å². The summed E-state index contributed by atoms with van der Waals surface area (Å²) in [7, 11) is 0. The highest BCUT2D eigenvalue weighted by atomic mass is 79.9. The number of carboxylic acids is 1. The number of rotatable bonds is 10. The molecule has 242 valence electrons. The zero-order valence-electron chi connectivity index (χ0n) is 26.0. The number of aromatic nitrogens is 1. The van der Waals surface area contributed by atoms with E-state index in [1.807, 2.05) is 73.7 Å². The number of carboxylic acid groups (broad SMARTS) is 1. The topological polar surface area (TPSA) is 119 Å². The number of hydrogen-bond donors (Lipinski definition) is 2. The minimum absolute atomic E-state index is 0.210. The van der Waals surface area contributed by atoms with Crippen LogP contribution in [0.2, 0.25) is 0 Å². The summed E-state index contributed by atoms with van der Waals surface area (Å²) in [5.74, 6) is -0.0353. The maximum atomic E-state index is 14.1. The third-order valence-corrected chi connectivity index (χ3v) is 9.26. The van der Waals surface area contributed by atoms with Crippen LogP contribution in [0.1, 0.15) is 46.9 Å². The zero-order valence-corrected chi connectivity index (χ0v) is 28.4. The molecule has 6 rings (SSSR count). The van der Waals surface area contributed by atoms with Crippen molar-refractivity contribution in [3.63, 3.8) is 0 Å². The van der Waals surface area contributed by atoms with Crippen molar-refractivity contribution >= 4 is 50.9 Å². The number of thiazole rings is 1. The Bertz CT molecular complexity index is 2210. The summed E-state index contributed by atoms with van der Waals surface area (Å²) < 4.78 is 14.3. The number of hydrogen-bond acceptors (Lipinski definition) is 7. The monoisotopic (exact) mass is 723 g/mol. The molecule has 0 fully saturated rings. The molecule has 2 N–H and O–H groups in total. The van der Waals surface area contributed by atoms with E-state index in [0.29, 0.717) is 48.9 Å². The number of anilines is 1. The normalized spacial score (nSPS) is 14.2. The second-order valence-electron chi connectivity index (χ2n) is 10.9. The molecule has 1 aliphatic heterocycles. The Kier molecular flexibility index (Phi) is 9.70. The predicted octanol–water partition coefficient (Wildman–Crippen LogP) is 6.31. The summed E-state index contributed by atoms with van der Waals surface area (Å²) in [6.07, 6.45) is 1.79. The molecule has 1 aliphatic rings. The third-order valence-electron chi connectivity index (χ3n) is 7.65. The lowest BCUT2D eigenvalue weighted by Gasteiger charge is -2.25. The van der Waals surface area contributed by atoms with Crippen molar-refractivity contribution in [2.75, 3.05) is 11.9 Å². The Balaban J connectivity index is 1.33. The number of benzene rings is 4. The van der Waals surface area contributed by atoms with E-state index in [-0.39, 0.29) is 23.6 Å². The minimum atomic E-state index is -0.982. The Morgan fingerprint density at radius 1 is 1.00 bits per heavy atom. The van der Waals surface area contributed by atoms with Crippen LogP contribution in [0.3, 0.4) is 0 Å². The average molecular weight is 725 g/mol. The van der Waals surface area contributed by atoms with Crippen molar-refractivity contribution in [1.29, 1.82) is 0 Å². The molecule has 0 spiro atoms. The maximum absolute atomic E-state index is 14.1. The number of carbonyl (C=O) groups excluding carboxylic acids is 1. The number of allylic oxidation sites excluding steroid dienone is 1. The van der Waals surface area contributed by atoms with Crippen LogP contribution in [0.25, 0.3) is 6.08 Å². The van der Waals surface area contributed by atoms with Crippen LogP contribution in [-0.2, 0) is 11.4 Å². The fourth-order valence-electron chi connectivity index (χ4n) is 5.34. The Labute approximate surface area is 288 Å². The number of fused-ring (bicyclic) bond motifs is 1. The van der Waals surface area contributed by atoms with Crippen LogP contribution in [0.4, 0.5) is 5.69 Å². The van der Waals surface area contributed by atoms with Crippen LogP contribution >= 0.6 is 27.3 Å². The summed E-state index contributed by atoms with van der Waals surface area (Å²) in [6, 6.07) is 27.9. The lowest BCUT2D eigenvalue weighted by atomic mass is 9.95. The molecule has 11 heteroatoms. The smallest absolute Gasteiger partial charge is 0.335 e. The quantitative estimate of drug-likeness (QED) is 0.174. The van der Waals surface area contributed by atoms with Gasteiger partial charge in [-0.05, 0) is 101 Å². The Morgan fingerprint density at radius 2 is 1.73 bits per heavy atom. The number of ether oxygens (including phenoxy) is 2. The van der Waals surface area contributed by atoms with E-state index in [4.69, 9.17) is 19.6 Å². The third kappa shape index (κ3) is 7.02. The van der Waals surface area contributed by atoms with E-state index in [2.05, 4.69) is 21.2 Å². The molecule has 1 amide bonds. The molecule has 2 heterocycles. The number of halogens is 1. The summed E-state index contributed by atoms with van der Waals surface area (Å²) in [5.41, 5.74) is 3.83. The van der Waals surface area contributed by atoms with Crippen molar-refractivity contribution in [2.45, 2.75) is 26.5 Å². The van der Waals surface area contributed by atoms with Gasteiger partial charge in [-0.2, -0.15) is 0 Å². The van der Waals surface area contributed by atoms with Crippen LogP contribution < -0.4 is 29.7 Å². The Hall–Kier alpha value is -5.26. The van der Waals surface area contributed by atoms with Crippen molar-refractivity contribution in [2.24, 2.45) is 4.99 Å². The molecule has 0 saturated carbocycles. The molecule has 9 nitrogen and oxygen atoms in total. The van der Waals surface area contributed by atoms with Gasteiger partial charge in [0.05, 0.1) is 38.5 Å². The molecule has 0 bridgehead atoms. The SMILES string of the molecule is CCOc1ccc([C@@H]2C(C(=O)Nc3ccccc3)=C(C)N=c3s/c(=C/c4ccc(OCc5ccc(C(=O)O)cc5)c(Br)c4)c(=O)n32)cc1. The van der Waals surface area contributed by atoms with E-state index < -0.39 is 12.0 Å². The average Bonchev–Trinajstić information content (AvgIpc) is 3.38. The van der Waals surface area contributed by atoms with Gasteiger partial charge in [-0.15, -0.1) is 0 Å². The van der Waals surface area contributed by atoms with E-state index in [1.165, 1.54) is 23.5 Å². The largest absolute Gasteiger partial charge is 0.494 e. The number of nitrogens with zero attached hydrogens (tertiary/aromatic N) is 2. The zero-order chi connectivity index (χ0) is 33.8. The van der Waals surface area contributed by atoms with Crippen LogP contribution in [0.15, 0.2) is 123 Å². The lowest BCUT2D eigenvalue weighted by Crippen LogP contribution is -2.40. The number of carbonyl (C=O) groups is 2. The molecule has 5 aromatic rings. The number of amides is 1. The fraction of sp³-hybridized carbons (Fsp3) is 0.135. The highest BCUT2D eigenvalue weighted by Gasteiger charge is 2.32. The fourth-order valence-corrected chi connectivity index (χ4v) is 6.90. The first kappa shape index (κ1) is 32.7. The summed E-state index contributed by atoms with van der Waals surface area (Å²) in [6.45, 7) is 4.47. The highest BCUT2D eigenvalue weighted by Crippen LogP contribution is 2.32. The van der Waals surface area contributed by atoms with Gasteiger partial charge in [-0.3, -0.25) is 14.2 Å². The Morgan fingerprint density at radius 3 is 2.40 bits per heavy atom. The lowest BCUT2D eigenvalue weighted by molar-refractivity contribution is -0.113. The summed E-state index contributed by atoms with van der Waals surface area (Å²) >= 11 is 4.83. The second kappa shape index (κ2) is 14.2. The molecule has 0 radical (unpaired) electrons. The maximum Gasteiger partial charge on any atom is 0.335 e. The van der Waals surface area contributed by atoms with Gasteiger partial charge >= 0.3 is 5.97 Å². The van der Waals surface area contributed by atoms with Gasteiger partial charge in [0, 0.05) is 5.69 Å². The van der Waals surface area contributed by atoms with E-state index >= 15 is 0 Å². The summed E-state index contributed by atoms with van der Waals surface area (Å²) in [4.78, 5) is 44.2. The first-order valence-electron chi connectivity index (χ1n) is 15.1. The van der Waals surface area contributed by atoms with Gasteiger partial charge in [-0.25, -0.2) is 9.79 Å². The first-order valence-corrected chi connectivity index (χ1v) is 16.7. The summed E-state index contributed by atoms with van der Waals surface area (Å²) in [5, 5.41) is 12.1. The van der Waals surface area contributed by atoms with Crippen molar-refractivity contribution in [1.82, 2.24) is 4.57 Å². The van der Waals surface area contributed by atoms with Gasteiger partial charge in [0.2, 0.25) is 0 Å². The number of nitrogens with one attached hydrogen (secondary N) is 1. The molecule has 0 unspecified atom stereocenters. The van der Waals surface area contributed by atoms with Crippen molar-refractivity contribution < 1.29 is 24.2 Å². The minimum Gasteiger partial charge on any atom is -0.494 e. The van der Waals surface area contributed by atoms with E-state index in [9.17, 15) is 14.4 Å². The first-order chi connectivity index (χ1) is 23.2. The van der Waals surface area contributed by atoms with Crippen LogP contribution in [0, 0.1) is 0 Å². The van der Waals surface area contributed by atoms with Crippen molar-refractivity contribution in [3.05, 3.63) is 155 Å². The van der Waals surface area contributed by atoms with Gasteiger partial charge in [0.1, 0.15) is 18.1 Å². The van der Waals surface area contributed by atoms with Gasteiger partial charge in [0.25, 0.3) is 11.5 Å². The number of para-hydroxylation sites is 1. The van der Waals surface area contributed by atoms with Gasteiger partial charge < -0.3 is 19.9 Å². The molecule has 48 heavy (non-hydrogen) atoms. The standard InChI is InChI=1S/C37H30BrN3O6S/c1-3-46-28-16-14-25(15-17-28)33-32(34(42)40-27-7-5-4-6-8-27)22(2)39-37-41(33)35(43)31(48-37)20-24-11-18-30(29(38)19-24)47-21-23-9-12-26(13-10-23)36(44)45/h4-20,33H,3,21H2,1-2H3,(H,40,42)(H,44,45)/b31-20+/t33-/m1/s1. The molecular formula is C37H30BrN3O6S. The molecule has 4 aromatic carbocycles. The molecule has 0 aliphatic carbocycles. The molecule has 1 atom stereocenters. The molecule has 1 aromatic heterocycles. The molecular weight excluding hydrogens is 694 g/mol. The van der Waals surface area contributed by atoms with E-state index in [0.717, 1.165) is 16.7 Å². The highest BCUT2D eigenvalue weighted by molar-refractivity contribution is 9.10. The van der Waals surface area contributed by atoms with Crippen LogP contribution in [0.5, 0.6) is 11.5 Å². The van der Waals surface area contributed by atoms with Crippen molar-refractivity contribution in [3.8, 4) is 11.5 Å². The number of aromatic carboxylic acids is 1. The molecule has 0 saturated heterocycles. The second-order valence-corrected chi connectivity index (χ2v) is 12.7. The van der Waals surface area contributed by atoms with Gasteiger partial charge in [0.15, 0.2) is 4.80 Å². The van der Waals surface area contributed by atoms with E-state index in [1.54, 1.807) is 35.8 Å².